The van der Waals surface area contributed by atoms with Crippen molar-refractivity contribution in [2.24, 2.45) is 7.05 Å². The Hall–Kier alpha value is -1.65. The van der Waals surface area contributed by atoms with Crippen LogP contribution in [0, 0.1) is 0 Å². The highest BCUT2D eigenvalue weighted by Crippen LogP contribution is 2.11. The van der Waals surface area contributed by atoms with Crippen molar-refractivity contribution in [2.75, 3.05) is 19.7 Å². The highest BCUT2D eigenvalue weighted by atomic mass is 16.3. The van der Waals surface area contributed by atoms with Crippen LogP contribution >= 0.6 is 0 Å². The first-order valence-corrected chi connectivity index (χ1v) is 7.61. The maximum Gasteiger partial charge on any atom is 0.0666 e. The van der Waals surface area contributed by atoms with Gasteiger partial charge in [-0.15, -0.1) is 0 Å². The summed E-state index contributed by atoms with van der Waals surface area (Å²) in [5, 5.41) is 13.8. The maximum atomic E-state index is 9.28. The summed E-state index contributed by atoms with van der Waals surface area (Å²) in [6.07, 6.45) is 4.04. The minimum absolute atomic E-state index is 0.191. The summed E-state index contributed by atoms with van der Waals surface area (Å²) in [6, 6.07) is 10.5. The van der Waals surface area contributed by atoms with Crippen LogP contribution < -0.4 is 0 Å². The van der Waals surface area contributed by atoms with Crippen molar-refractivity contribution in [3.8, 4) is 0 Å². The third kappa shape index (κ3) is 4.69. The fourth-order valence-electron chi connectivity index (χ4n) is 2.60. The van der Waals surface area contributed by atoms with Crippen molar-refractivity contribution in [3.63, 3.8) is 0 Å². The summed E-state index contributed by atoms with van der Waals surface area (Å²) in [5.74, 6) is 0. The first-order valence-electron chi connectivity index (χ1n) is 7.61. The van der Waals surface area contributed by atoms with E-state index >= 15 is 0 Å². The molecule has 1 aromatic carbocycles. The maximum absolute atomic E-state index is 9.28. The number of rotatable bonds is 8. The first-order chi connectivity index (χ1) is 10.2. The molecule has 0 saturated carbocycles. The summed E-state index contributed by atoms with van der Waals surface area (Å²) in [7, 11) is 1.96. The van der Waals surface area contributed by atoms with Gasteiger partial charge in [0.15, 0.2) is 0 Å². The van der Waals surface area contributed by atoms with E-state index in [0.29, 0.717) is 6.54 Å². The van der Waals surface area contributed by atoms with Crippen LogP contribution in [0.2, 0.25) is 0 Å². The van der Waals surface area contributed by atoms with Crippen molar-refractivity contribution in [3.05, 3.63) is 53.3 Å². The van der Waals surface area contributed by atoms with Crippen molar-refractivity contribution in [1.82, 2.24) is 14.7 Å². The molecule has 0 amide bonds. The van der Waals surface area contributed by atoms with E-state index in [1.165, 1.54) is 11.1 Å². The van der Waals surface area contributed by atoms with Gasteiger partial charge in [0.05, 0.1) is 12.3 Å². The van der Waals surface area contributed by atoms with Crippen LogP contribution in [-0.2, 0) is 26.4 Å². The van der Waals surface area contributed by atoms with Crippen LogP contribution in [0.5, 0.6) is 0 Å². The molecular weight excluding hydrogens is 262 g/mol. The number of aromatic nitrogens is 2. The Balaban J connectivity index is 1.98. The van der Waals surface area contributed by atoms with Gasteiger partial charge in [0.25, 0.3) is 0 Å². The van der Waals surface area contributed by atoms with Crippen molar-refractivity contribution >= 4 is 0 Å². The average molecular weight is 287 g/mol. The van der Waals surface area contributed by atoms with Gasteiger partial charge >= 0.3 is 0 Å². The van der Waals surface area contributed by atoms with Gasteiger partial charge in [0, 0.05) is 38.4 Å². The summed E-state index contributed by atoms with van der Waals surface area (Å²) in [6.45, 7) is 4.82. The van der Waals surface area contributed by atoms with E-state index in [9.17, 15) is 5.11 Å². The SMILES string of the molecule is CCc1nn(C)cc1CN(CCO)CCc1ccccc1. The quantitative estimate of drug-likeness (QED) is 0.807. The molecule has 0 bridgehead atoms. The predicted octanol–water partition coefficient (Wildman–Crippen LogP) is 2.02. The monoisotopic (exact) mass is 287 g/mol. The van der Waals surface area contributed by atoms with E-state index in [-0.39, 0.29) is 6.61 Å². The lowest BCUT2D eigenvalue weighted by atomic mass is 10.1. The molecule has 0 saturated heterocycles. The average Bonchev–Trinajstić information content (AvgIpc) is 2.86. The van der Waals surface area contributed by atoms with Crippen molar-refractivity contribution in [2.45, 2.75) is 26.3 Å². The van der Waals surface area contributed by atoms with Crippen LogP contribution in [0.4, 0.5) is 0 Å². The molecule has 0 unspecified atom stereocenters. The minimum Gasteiger partial charge on any atom is -0.395 e. The van der Waals surface area contributed by atoms with Gasteiger partial charge in [-0.2, -0.15) is 5.10 Å². The van der Waals surface area contributed by atoms with E-state index in [1.54, 1.807) is 0 Å². The Labute approximate surface area is 127 Å². The first kappa shape index (κ1) is 15.7. The number of aliphatic hydroxyl groups excluding tert-OH is 1. The number of nitrogens with zero attached hydrogens (tertiary/aromatic N) is 3. The molecule has 21 heavy (non-hydrogen) atoms. The zero-order valence-electron chi connectivity index (χ0n) is 13.0. The van der Waals surface area contributed by atoms with Crippen molar-refractivity contribution < 1.29 is 5.11 Å². The van der Waals surface area contributed by atoms with Gasteiger partial charge in [-0.25, -0.2) is 0 Å². The molecule has 2 aromatic rings. The topological polar surface area (TPSA) is 41.3 Å². The number of hydrogen-bond donors (Lipinski definition) is 1. The largest absolute Gasteiger partial charge is 0.395 e. The molecule has 4 heteroatoms. The molecule has 0 fully saturated rings. The van der Waals surface area contributed by atoms with Crippen molar-refractivity contribution in [1.29, 1.82) is 0 Å². The Kier molecular flexibility index (Phi) is 5.96. The van der Waals surface area contributed by atoms with Crippen LogP contribution in [0.3, 0.4) is 0 Å². The lowest BCUT2D eigenvalue weighted by Gasteiger charge is -2.21. The van der Waals surface area contributed by atoms with E-state index in [1.807, 2.05) is 17.8 Å². The molecule has 0 spiro atoms. The number of aryl methyl sites for hydroxylation is 2. The fourth-order valence-corrected chi connectivity index (χ4v) is 2.60. The molecule has 4 nitrogen and oxygen atoms in total. The molecule has 2 rings (SSSR count). The number of benzene rings is 1. The lowest BCUT2D eigenvalue weighted by Crippen LogP contribution is -2.29. The molecule has 0 aliphatic rings. The van der Waals surface area contributed by atoms with Gasteiger partial charge in [-0.1, -0.05) is 37.3 Å². The van der Waals surface area contributed by atoms with Crippen LogP contribution in [0.15, 0.2) is 36.5 Å². The minimum atomic E-state index is 0.191. The third-order valence-corrected chi connectivity index (χ3v) is 3.70. The van der Waals surface area contributed by atoms with E-state index < -0.39 is 0 Å². The van der Waals surface area contributed by atoms with Crippen LogP contribution in [0.1, 0.15) is 23.7 Å². The molecule has 114 valence electrons. The van der Waals surface area contributed by atoms with E-state index in [4.69, 9.17) is 0 Å². The zero-order chi connectivity index (χ0) is 15.1. The smallest absolute Gasteiger partial charge is 0.0666 e. The molecular formula is C17H25N3O. The number of aliphatic hydroxyl groups is 1. The highest BCUT2D eigenvalue weighted by molar-refractivity contribution is 5.17. The number of hydrogen-bond acceptors (Lipinski definition) is 3. The van der Waals surface area contributed by atoms with Gasteiger partial charge in [0.1, 0.15) is 0 Å². The molecule has 1 aromatic heterocycles. The fraction of sp³-hybridized carbons (Fsp3) is 0.471. The Morgan fingerprint density at radius 1 is 1.19 bits per heavy atom. The third-order valence-electron chi connectivity index (χ3n) is 3.70. The van der Waals surface area contributed by atoms with E-state index in [0.717, 1.165) is 31.6 Å². The molecule has 0 aliphatic heterocycles. The predicted molar refractivity (Wildman–Crippen MR) is 85.1 cm³/mol. The van der Waals surface area contributed by atoms with E-state index in [2.05, 4.69) is 47.4 Å². The Morgan fingerprint density at radius 3 is 2.62 bits per heavy atom. The summed E-state index contributed by atoms with van der Waals surface area (Å²) < 4.78 is 1.88. The van der Waals surface area contributed by atoms with Gasteiger partial charge in [-0.3, -0.25) is 9.58 Å². The van der Waals surface area contributed by atoms with Gasteiger partial charge in [0.2, 0.25) is 0 Å². The van der Waals surface area contributed by atoms with Crippen LogP contribution in [-0.4, -0.2) is 39.5 Å². The molecule has 0 radical (unpaired) electrons. The van der Waals surface area contributed by atoms with Gasteiger partial charge in [-0.05, 0) is 18.4 Å². The Morgan fingerprint density at radius 2 is 1.95 bits per heavy atom. The molecule has 1 N–H and O–H groups in total. The van der Waals surface area contributed by atoms with Crippen LogP contribution in [0.25, 0.3) is 0 Å². The zero-order valence-corrected chi connectivity index (χ0v) is 13.0. The highest BCUT2D eigenvalue weighted by Gasteiger charge is 2.11. The Bertz CT molecular complexity index is 536. The summed E-state index contributed by atoms with van der Waals surface area (Å²) >= 11 is 0. The second kappa shape index (κ2) is 7.96. The normalized spacial score (nSPS) is 11.2. The standard InChI is InChI=1S/C17H25N3O/c1-3-17-16(13-19(2)18-17)14-20(11-12-21)10-9-15-7-5-4-6-8-15/h4-8,13,21H,3,9-12,14H2,1-2H3. The summed E-state index contributed by atoms with van der Waals surface area (Å²) in [4.78, 5) is 2.29. The van der Waals surface area contributed by atoms with Gasteiger partial charge < -0.3 is 5.11 Å². The molecule has 0 aliphatic carbocycles. The summed E-state index contributed by atoms with van der Waals surface area (Å²) in [5.41, 5.74) is 3.75. The second-order valence-electron chi connectivity index (χ2n) is 5.36. The lowest BCUT2D eigenvalue weighted by molar-refractivity contribution is 0.191. The molecule has 0 atom stereocenters. The molecule has 1 heterocycles. The second-order valence-corrected chi connectivity index (χ2v) is 5.36.